The molecule has 4 nitrogen and oxygen atoms in total. The second kappa shape index (κ2) is 4.20. The van der Waals surface area contributed by atoms with E-state index < -0.39 is 5.91 Å². The summed E-state index contributed by atoms with van der Waals surface area (Å²) in [5.41, 5.74) is 13.1. The Balaban J connectivity index is 2.58. The SMILES string of the molecule is NCn1ccc(-c2ccccc2)c1C(N)=O. The van der Waals surface area contributed by atoms with E-state index in [1.54, 1.807) is 10.8 Å². The van der Waals surface area contributed by atoms with Crippen molar-refractivity contribution in [3.63, 3.8) is 0 Å². The largest absolute Gasteiger partial charge is 0.364 e. The number of nitrogens with two attached hydrogens (primary N) is 2. The van der Waals surface area contributed by atoms with E-state index in [0.717, 1.165) is 11.1 Å². The third-order valence-electron chi connectivity index (χ3n) is 2.48. The molecule has 1 amide bonds. The van der Waals surface area contributed by atoms with Gasteiger partial charge in [0.05, 0.1) is 6.67 Å². The highest BCUT2D eigenvalue weighted by atomic mass is 16.1. The van der Waals surface area contributed by atoms with E-state index in [4.69, 9.17) is 11.5 Å². The Bertz CT molecular complexity index is 502. The minimum atomic E-state index is -0.464. The summed E-state index contributed by atoms with van der Waals surface area (Å²) < 4.78 is 1.64. The summed E-state index contributed by atoms with van der Waals surface area (Å²) in [6.07, 6.45) is 1.77. The monoisotopic (exact) mass is 215 g/mol. The molecule has 0 aliphatic carbocycles. The van der Waals surface area contributed by atoms with E-state index in [1.807, 2.05) is 36.4 Å². The number of benzene rings is 1. The quantitative estimate of drug-likeness (QED) is 0.806. The number of rotatable bonds is 3. The number of hydrogen-bond donors (Lipinski definition) is 2. The fourth-order valence-corrected chi connectivity index (χ4v) is 1.75. The van der Waals surface area contributed by atoms with Crippen LogP contribution in [0.4, 0.5) is 0 Å². The average molecular weight is 215 g/mol. The maximum atomic E-state index is 11.4. The van der Waals surface area contributed by atoms with Crippen molar-refractivity contribution in [2.75, 3.05) is 0 Å². The Kier molecular flexibility index (Phi) is 2.74. The highest BCUT2D eigenvalue weighted by Gasteiger charge is 2.14. The molecule has 4 N–H and O–H groups in total. The van der Waals surface area contributed by atoms with Gasteiger partial charge in [0, 0.05) is 11.8 Å². The second-order valence-electron chi connectivity index (χ2n) is 3.46. The fourth-order valence-electron chi connectivity index (χ4n) is 1.75. The molecule has 2 aromatic rings. The van der Waals surface area contributed by atoms with Crippen LogP contribution in [0.3, 0.4) is 0 Å². The minimum Gasteiger partial charge on any atom is -0.364 e. The van der Waals surface area contributed by atoms with Gasteiger partial charge in [-0.25, -0.2) is 0 Å². The molecule has 1 heterocycles. The summed E-state index contributed by atoms with van der Waals surface area (Å²) in [6.45, 7) is 0.241. The molecule has 0 fully saturated rings. The number of carbonyl (C=O) groups excluding carboxylic acids is 1. The topological polar surface area (TPSA) is 74.0 Å². The van der Waals surface area contributed by atoms with Crippen LogP contribution in [0.15, 0.2) is 42.6 Å². The van der Waals surface area contributed by atoms with Gasteiger partial charge in [-0.15, -0.1) is 0 Å². The van der Waals surface area contributed by atoms with Crippen molar-refractivity contribution in [3.05, 3.63) is 48.3 Å². The molecule has 0 aliphatic rings. The first-order valence-electron chi connectivity index (χ1n) is 4.98. The van der Waals surface area contributed by atoms with Gasteiger partial charge in [-0.3, -0.25) is 4.79 Å². The van der Waals surface area contributed by atoms with Crippen LogP contribution in [0.2, 0.25) is 0 Å². The van der Waals surface area contributed by atoms with E-state index in [-0.39, 0.29) is 6.67 Å². The lowest BCUT2D eigenvalue weighted by Crippen LogP contribution is -2.20. The third-order valence-corrected chi connectivity index (χ3v) is 2.48. The van der Waals surface area contributed by atoms with Crippen LogP contribution in [-0.4, -0.2) is 10.5 Å². The summed E-state index contributed by atoms with van der Waals surface area (Å²) in [6, 6.07) is 11.5. The molecule has 0 aliphatic heterocycles. The van der Waals surface area contributed by atoms with Crippen molar-refractivity contribution in [1.82, 2.24) is 4.57 Å². The van der Waals surface area contributed by atoms with Crippen LogP contribution >= 0.6 is 0 Å². The number of hydrogen-bond acceptors (Lipinski definition) is 2. The van der Waals surface area contributed by atoms with Crippen LogP contribution in [0, 0.1) is 0 Å². The molecule has 2 rings (SSSR count). The van der Waals surface area contributed by atoms with Crippen molar-refractivity contribution < 1.29 is 4.79 Å². The molecule has 0 saturated carbocycles. The van der Waals surface area contributed by atoms with E-state index in [9.17, 15) is 4.79 Å². The Morgan fingerprint density at radius 1 is 1.19 bits per heavy atom. The zero-order chi connectivity index (χ0) is 11.5. The number of carbonyl (C=O) groups is 1. The Morgan fingerprint density at radius 2 is 1.88 bits per heavy atom. The van der Waals surface area contributed by atoms with Gasteiger partial charge in [-0.1, -0.05) is 30.3 Å². The first-order chi connectivity index (χ1) is 7.74. The van der Waals surface area contributed by atoms with Crippen molar-refractivity contribution in [3.8, 4) is 11.1 Å². The first-order valence-corrected chi connectivity index (χ1v) is 4.98. The van der Waals surface area contributed by atoms with Crippen LogP contribution in [-0.2, 0) is 6.67 Å². The van der Waals surface area contributed by atoms with Gasteiger partial charge in [-0.2, -0.15) is 0 Å². The van der Waals surface area contributed by atoms with Gasteiger partial charge < -0.3 is 16.0 Å². The summed E-state index contributed by atoms with van der Waals surface area (Å²) in [4.78, 5) is 11.4. The van der Waals surface area contributed by atoms with E-state index in [0.29, 0.717) is 5.69 Å². The molecule has 1 aromatic heterocycles. The summed E-state index contributed by atoms with van der Waals surface area (Å²) in [7, 11) is 0. The molecule has 82 valence electrons. The first kappa shape index (κ1) is 10.4. The summed E-state index contributed by atoms with van der Waals surface area (Å²) >= 11 is 0. The molecule has 4 heteroatoms. The number of primary amides is 1. The van der Waals surface area contributed by atoms with Crippen LogP contribution in [0.5, 0.6) is 0 Å². The molecular weight excluding hydrogens is 202 g/mol. The van der Waals surface area contributed by atoms with E-state index in [1.165, 1.54) is 0 Å². The number of nitrogens with zero attached hydrogens (tertiary/aromatic N) is 1. The fraction of sp³-hybridized carbons (Fsp3) is 0.0833. The summed E-state index contributed by atoms with van der Waals surface area (Å²) in [5.74, 6) is -0.464. The van der Waals surface area contributed by atoms with Gasteiger partial charge in [0.2, 0.25) is 0 Å². The predicted molar refractivity (Wildman–Crippen MR) is 62.6 cm³/mol. The number of aromatic nitrogens is 1. The van der Waals surface area contributed by atoms with E-state index >= 15 is 0 Å². The van der Waals surface area contributed by atoms with Crippen molar-refractivity contribution in [2.24, 2.45) is 11.5 Å². The highest BCUT2D eigenvalue weighted by molar-refractivity contribution is 5.98. The molecule has 0 radical (unpaired) electrons. The Labute approximate surface area is 93.5 Å². The van der Waals surface area contributed by atoms with Gasteiger partial charge in [0.1, 0.15) is 5.69 Å². The smallest absolute Gasteiger partial charge is 0.266 e. The van der Waals surface area contributed by atoms with Crippen LogP contribution in [0.1, 0.15) is 10.5 Å². The lowest BCUT2D eigenvalue weighted by Gasteiger charge is -2.05. The van der Waals surface area contributed by atoms with Gasteiger partial charge in [-0.05, 0) is 11.6 Å². The maximum Gasteiger partial charge on any atom is 0.266 e. The molecule has 1 aromatic carbocycles. The third kappa shape index (κ3) is 1.70. The maximum absolute atomic E-state index is 11.4. The molecule has 0 atom stereocenters. The second-order valence-corrected chi connectivity index (χ2v) is 3.46. The minimum absolute atomic E-state index is 0.241. The van der Waals surface area contributed by atoms with Crippen molar-refractivity contribution in [2.45, 2.75) is 6.67 Å². The molecule has 0 spiro atoms. The van der Waals surface area contributed by atoms with Gasteiger partial charge in [0.15, 0.2) is 0 Å². The zero-order valence-electron chi connectivity index (χ0n) is 8.76. The van der Waals surface area contributed by atoms with Gasteiger partial charge >= 0.3 is 0 Å². The van der Waals surface area contributed by atoms with Crippen molar-refractivity contribution in [1.29, 1.82) is 0 Å². The summed E-state index contributed by atoms with van der Waals surface area (Å²) in [5, 5.41) is 0. The van der Waals surface area contributed by atoms with Crippen LogP contribution in [0.25, 0.3) is 11.1 Å². The Morgan fingerprint density at radius 3 is 2.44 bits per heavy atom. The lowest BCUT2D eigenvalue weighted by molar-refractivity contribution is 0.0992. The highest BCUT2D eigenvalue weighted by Crippen LogP contribution is 2.24. The molecular formula is C12H13N3O. The standard InChI is InChI=1S/C12H13N3O/c13-8-15-7-6-10(11(15)12(14)16)9-4-2-1-3-5-9/h1-7H,8,13H2,(H2,14,16). The van der Waals surface area contributed by atoms with Crippen LogP contribution < -0.4 is 11.5 Å². The predicted octanol–water partition coefficient (Wildman–Crippen LogP) is 1.17. The van der Waals surface area contributed by atoms with E-state index in [2.05, 4.69) is 0 Å². The zero-order valence-corrected chi connectivity index (χ0v) is 8.76. The molecule has 0 saturated heterocycles. The average Bonchev–Trinajstić information content (AvgIpc) is 2.73. The molecule has 16 heavy (non-hydrogen) atoms. The lowest BCUT2D eigenvalue weighted by atomic mass is 10.1. The normalized spacial score (nSPS) is 10.3. The molecule has 0 unspecified atom stereocenters. The van der Waals surface area contributed by atoms with Gasteiger partial charge in [0.25, 0.3) is 5.91 Å². The Hall–Kier alpha value is -2.07. The molecule has 0 bridgehead atoms. The van der Waals surface area contributed by atoms with Crippen molar-refractivity contribution >= 4 is 5.91 Å². The number of amides is 1.